The normalized spacial score (nSPS) is 11.7. The fourth-order valence-electron chi connectivity index (χ4n) is 2.90. The van der Waals surface area contributed by atoms with E-state index in [0.29, 0.717) is 27.1 Å². The van der Waals surface area contributed by atoms with Crippen LogP contribution < -0.4 is 0 Å². The van der Waals surface area contributed by atoms with Gasteiger partial charge in [0.05, 0.1) is 31.1 Å². The summed E-state index contributed by atoms with van der Waals surface area (Å²) in [6.07, 6.45) is 1.26. The number of ether oxygens (including phenoxy) is 1. The number of carbonyl (C=O) groups is 2. The molecule has 0 fully saturated rings. The molecule has 0 radical (unpaired) electrons. The van der Waals surface area contributed by atoms with E-state index >= 15 is 0 Å². The number of aliphatic hydroxyl groups is 1. The van der Waals surface area contributed by atoms with Gasteiger partial charge in [0.1, 0.15) is 0 Å². The molecule has 0 atom stereocenters. The summed E-state index contributed by atoms with van der Waals surface area (Å²) in [6.45, 7) is 3.13. The highest BCUT2D eigenvalue weighted by Gasteiger charge is 2.30. The van der Waals surface area contributed by atoms with Gasteiger partial charge in [0.25, 0.3) is 0 Å². The highest BCUT2D eigenvalue weighted by Crippen LogP contribution is 2.31. The topological polar surface area (TPSA) is 92.5 Å². The standard InChI is InChI=1S/C19H18ClNO5/c1-19(2,24)13-6-7-26-18(13)17(23)16-12(9-15(22)25-3)11-5-4-10(20)8-14(11)21-16/h4-8,21,24H,9H2,1-3H3. The number of furan rings is 1. The van der Waals surface area contributed by atoms with Crippen molar-refractivity contribution in [1.29, 1.82) is 0 Å². The van der Waals surface area contributed by atoms with Gasteiger partial charge in [0.15, 0.2) is 5.76 Å². The Morgan fingerprint density at radius 2 is 2.04 bits per heavy atom. The Balaban J connectivity index is 2.18. The van der Waals surface area contributed by atoms with Crippen LogP contribution in [0.15, 0.2) is 34.9 Å². The number of halogens is 1. The Hall–Kier alpha value is -2.57. The van der Waals surface area contributed by atoms with Crippen LogP contribution in [0.5, 0.6) is 0 Å². The third-order valence-corrected chi connectivity index (χ3v) is 4.41. The molecule has 0 amide bonds. The van der Waals surface area contributed by atoms with Crippen LogP contribution >= 0.6 is 11.6 Å². The maximum absolute atomic E-state index is 13.1. The summed E-state index contributed by atoms with van der Waals surface area (Å²) in [5.74, 6) is -0.920. The summed E-state index contributed by atoms with van der Waals surface area (Å²) < 4.78 is 10.1. The van der Waals surface area contributed by atoms with Gasteiger partial charge < -0.3 is 19.2 Å². The number of fused-ring (bicyclic) bond motifs is 1. The zero-order valence-electron chi connectivity index (χ0n) is 14.6. The summed E-state index contributed by atoms with van der Waals surface area (Å²) in [5, 5.41) is 11.5. The minimum Gasteiger partial charge on any atom is -0.469 e. The second-order valence-electron chi connectivity index (χ2n) is 6.47. The molecule has 0 aliphatic carbocycles. The van der Waals surface area contributed by atoms with Crippen molar-refractivity contribution < 1.29 is 23.8 Å². The third-order valence-electron chi connectivity index (χ3n) is 4.17. The van der Waals surface area contributed by atoms with Crippen molar-refractivity contribution in [2.45, 2.75) is 25.9 Å². The molecule has 0 bridgehead atoms. The molecule has 26 heavy (non-hydrogen) atoms. The molecule has 0 saturated carbocycles. The zero-order valence-corrected chi connectivity index (χ0v) is 15.3. The Bertz CT molecular complexity index is 993. The summed E-state index contributed by atoms with van der Waals surface area (Å²) in [5.41, 5.74) is 0.426. The SMILES string of the molecule is COC(=O)Cc1c(C(=O)c2occc2C(C)(C)O)[nH]c2cc(Cl)ccc12. The van der Waals surface area contributed by atoms with Gasteiger partial charge in [0.2, 0.25) is 5.78 Å². The number of benzene rings is 1. The lowest BCUT2D eigenvalue weighted by Gasteiger charge is -2.16. The van der Waals surface area contributed by atoms with Gasteiger partial charge in [-0.3, -0.25) is 9.59 Å². The number of ketones is 1. The monoisotopic (exact) mass is 375 g/mol. The van der Waals surface area contributed by atoms with E-state index in [1.807, 2.05) is 0 Å². The molecular formula is C19H18ClNO5. The number of hydrogen-bond acceptors (Lipinski definition) is 5. The van der Waals surface area contributed by atoms with E-state index in [2.05, 4.69) is 4.98 Å². The molecule has 0 aliphatic rings. The van der Waals surface area contributed by atoms with Crippen molar-refractivity contribution in [3.63, 3.8) is 0 Å². The summed E-state index contributed by atoms with van der Waals surface area (Å²) >= 11 is 6.03. The van der Waals surface area contributed by atoms with Crippen LogP contribution in [0.2, 0.25) is 5.02 Å². The molecule has 0 unspecified atom stereocenters. The van der Waals surface area contributed by atoms with Crippen molar-refractivity contribution in [3.05, 3.63) is 58.1 Å². The summed E-state index contributed by atoms with van der Waals surface area (Å²) in [6, 6.07) is 6.64. The van der Waals surface area contributed by atoms with Crippen molar-refractivity contribution in [2.75, 3.05) is 7.11 Å². The third kappa shape index (κ3) is 3.25. The molecule has 0 saturated heterocycles. The van der Waals surface area contributed by atoms with Gasteiger partial charge in [-0.25, -0.2) is 0 Å². The number of carbonyl (C=O) groups excluding carboxylic acids is 2. The van der Waals surface area contributed by atoms with Crippen LogP contribution in [-0.2, 0) is 21.6 Å². The van der Waals surface area contributed by atoms with E-state index in [0.717, 1.165) is 0 Å². The Kier molecular flexibility index (Phi) is 4.64. The maximum atomic E-state index is 13.1. The average Bonchev–Trinajstić information content (AvgIpc) is 3.19. The summed E-state index contributed by atoms with van der Waals surface area (Å²) in [7, 11) is 1.29. The number of nitrogens with one attached hydrogen (secondary N) is 1. The Morgan fingerprint density at radius 3 is 2.69 bits per heavy atom. The molecule has 3 rings (SSSR count). The Morgan fingerprint density at radius 1 is 1.31 bits per heavy atom. The molecule has 7 heteroatoms. The van der Waals surface area contributed by atoms with Gasteiger partial charge in [-0.15, -0.1) is 0 Å². The Labute approximate surface area is 154 Å². The van der Waals surface area contributed by atoms with Crippen LogP contribution in [0.25, 0.3) is 10.9 Å². The first-order valence-corrected chi connectivity index (χ1v) is 8.32. The largest absolute Gasteiger partial charge is 0.469 e. The number of H-pyrrole nitrogens is 1. The molecule has 2 N–H and O–H groups in total. The van der Waals surface area contributed by atoms with E-state index < -0.39 is 17.4 Å². The second kappa shape index (κ2) is 6.63. The fraction of sp³-hybridized carbons (Fsp3) is 0.263. The fourth-order valence-corrected chi connectivity index (χ4v) is 3.07. The smallest absolute Gasteiger partial charge is 0.310 e. The van der Waals surface area contributed by atoms with E-state index in [1.165, 1.54) is 13.4 Å². The minimum atomic E-state index is -1.25. The number of hydrogen-bond donors (Lipinski definition) is 2. The molecular weight excluding hydrogens is 358 g/mol. The lowest BCUT2D eigenvalue weighted by Crippen LogP contribution is -2.19. The lowest BCUT2D eigenvalue weighted by atomic mass is 9.95. The predicted molar refractivity (Wildman–Crippen MR) is 96.4 cm³/mol. The van der Waals surface area contributed by atoms with Gasteiger partial charge in [-0.1, -0.05) is 17.7 Å². The van der Waals surface area contributed by atoms with E-state index in [1.54, 1.807) is 38.1 Å². The van der Waals surface area contributed by atoms with Crippen LogP contribution in [0, 0.1) is 0 Å². The molecule has 0 aliphatic heterocycles. The van der Waals surface area contributed by atoms with Crippen LogP contribution in [0.4, 0.5) is 0 Å². The zero-order chi connectivity index (χ0) is 19.1. The van der Waals surface area contributed by atoms with Crippen molar-refractivity contribution in [1.82, 2.24) is 4.98 Å². The number of methoxy groups -OCH3 is 1. The molecule has 1 aromatic carbocycles. The minimum absolute atomic E-state index is 0.0151. The number of aromatic amines is 1. The second-order valence-corrected chi connectivity index (χ2v) is 6.91. The highest BCUT2D eigenvalue weighted by atomic mass is 35.5. The van der Waals surface area contributed by atoms with Crippen molar-refractivity contribution >= 4 is 34.3 Å². The average molecular weight is 376 g/mol. The van der Waals surface area contributed by atoms with Crippen molar-refractivity contribution in [2.24, 2.45) is 0 Å². The van der Waals surface area contributed by atoms with Crippen LogP contribution in [0.3, 0.4) is 0 Å². The first kappa shape index (κ1) is 18.2. The molecule has 3 aromatic rings. The maximum Gasteiger partial charge on any atom is 0.310 e. The molecule has 2 heterocycles. The quantitative estimate of drug-likeness (QED) is 0.525. The van der Waals surface area contributed by atoms with Gasteiger partial charge in [0, 0.05) is 27.1 Å². The van der Waals surface area contributed by atoms with Crippen molar-refractivity contribution in [3.8, 4) is 0 Å². The van der Waals surface area contributed by atoms with Crippen LogP contribution in [-0.4, -0.2) is 29.0 Å². The van der Waals surface area contributed by atoms with Gasteiger partial charge in [-0.05, 0) is 32.0 Å². The van der Waals surface area contributed by atoms with E-state index in [-0.39, 0.29) is 17.9 Å². The molecule has 2 aromatic heterocycles. The van der Waals surface area contributed by atoms with E-state index in [9.17, 15) is 14.7 Å². The molecule has 6 nitrogen and oxygen atoms in total. The first-order valence-electron chi connectivity index (χ1n) is 7.94. The number of aromatic nitrogens is 1. The first-order chi connectivity index (χ1) is 12.2. The number of rotatable bonds is 5. The number of esters is 1. The predicted octanol–water partition coefficient (Wildman–Crippen LogP) is 3.59. The molecule has 136 valence electrons. The summed E-state index contributed by atoms with van der Waals surface area (Å²) in [4.78, 5) is 28.0. The van der Waals surface area contributed by atoms with Gasteiger partial charge >= 0.3 is 5.97 Å². The van der Waals surface area contributed by atoms with Gasteiger partial charge in [-0.2, -0.15) is 0 Å². The van der Waals surface area contributed by atoms with Crippen LogP contribution in [0.1, 0.15) is 41.2 Å². The lowest BCUT2D eigenvalue weighted by molar-refractivity contribution is -0.139. The molecule has 0 spiro atoms. The highest BCUT2D eigenvalue weighted by molar-refractivity contribution is 6.31. The van der Waals surface area contributed by atoms with E-state index in [4.69, 9.17) is 20.8 Å².